The molecule has 2 aromatic rings. The summed E-state index contributed by atoms with van der Waals surface area (Å²) in [4.78, 5) is 36.9. The van der Waals surface area contributed by atoms with Crippen LogP contribution in [0.2, 0.25) is 0 Å². The molecule has 0 aromatic heterocycles. The quantitative estimate of drug-likeness (QED) is 0.299. The Balaban J connectivity index is 1.24. The lowest BCUT2D eigenvalue weighted by Gasteiger charge is -2.18. The number of rotatable bonds is 9. The van der Waals surface area contributed by atoms with Gasteiger partial charge in [0.15, 0.2) is 0 Å². The molecule has 1 aliphatic carbocycles. The number of benzene rings is 2. The molecule has 34 heavy (non-hydrogen) atoms. The van der Waals surface area contributed by atoms with E-state index in [0.29, 0.717) is 13.0 Å². The van der Waals surface area contributed by atoms with Crippen LogP contribution in [0.25, 0.3) is 11.1 Å². The number of carbonyl (C=O) groups is 3. The molecule has 2 amide bonds. The Kier molecular flexibility index (Phi) is 7.80. The Morgan fingerprint density at radius 3 is 2.35 bits per heavy atom. The first-order chi connectivity index (χ1) is 16.6. The van der Waals surface area contributed by atoms with Gasteiger partial charge in [0.25, 0.3) is 0 Å². The fourth-order valence-electron chi connectivity index (χ4n) is 4.72. The topological polar surface area (TPSA) is 106 Å². The molecule has 8 heteroatoms. The summed E-state index contributed by atoms with van der Waals surface area (Å²) in [5.74, 6) is -1.84. The largest absolute Gasteiger partial charge is 0.468 e. The van der Waals surface area contributed by atoms with Gasteiger partial charge in [-0.15, -0.1) is 0 Å². The monoisotopic (exact) mass is 465 g/mol. The number of alkyl carbamates (subject to hydrolysis) is 1. The molecule has 0 saturated carbocycles. The van der Waals surface area contributed by atoms with Crippen LogP contribution < -0.4 is 16.0 Å². The maximum absolute atomic E-state index is 12.5. The zero-order chi connectivity index (χ0) is 23.9. The number of fused-ring (bicyclic) bond motifs is 3. The van der Waals surface area contributed by atoms with Gasteiger partial charge in [-0.3, -0.25) is 14.9 Å². The van der Waals surface area contributed by atoms with E-state index in [1.165, 1.54) is 18.2 Å². The minimum Gasteiger partial charge on any atom is -0.468 e. The van der Waals surface area contributed by atoms with E-state index >= 15 is 0 Å². The van der Waals surface area contributed by atoms with Gasteiger partial charge in [0.1, 0.15) is 12.5 Å². The number of amides is 2. The SMILES string of the molecule is COC(=O)C(CCCNC(=O)OCC1c2ccccc2-c2ccccc21)C(=O)N[C@H]1CCCN1. The van der Waals surface area contributed by atoms with E-state index in [4.69, 9.17) is 9.47 Å². The van der Waals surface area contributed by atoms with Crippen molar-refractivity contribution in [1.29, 1.82) is 0 Å². The van der Waals surface area contributed by atoms with E-state index in [1.54, 1.807) is 0 Å². The maximum atomic E-state index is 12.5. The smallest absolute Gasteiger partial charge is 0.407 e. The normalized spacial score (nSPS) is 17.4. The molecule has 0 bridgehead atoms. The molecular formula is C26H31N3O5. The van der Waals surface area contributed by atoms with Crippen molar-refractivity contribution in [2.75, 3.05) is 26.8 Å². The summed E-state index contributed by atoms with van der Waals surface area (Å²) < 4.78 is 10.3. The minimum absolute atomic E-state index is 0.00486. The molecule has 2 atom stereocenters. The van der Waals surface area contributed by atoms with E-state index in [1.807, 2.05) is 24.3 Å². The Hall–Kier alpha value is -3.39. The molecular weight excluding hydrogens is 434 g/mol. The Morgan fingerprint density at radius 2 is 1.74 bits per heavy atom. The van der Waals surface area contributed by atoms with Crippen molar-refractivity contribution in [1.82, 2.24) is 16.0 Å². The van der Waals surface area contributed by atoms with Crippen molar-refractivity contribution in [3.63, 3.8) is 0 Å². The molecule has 4 rings (SSSR count). The molecule has 0 radical (unpaired) electrons. The summed E-state index contributed by atoms with van der Waals surface area (Å²) in [6, 6.07) is 16.3. The minimum atomic E-state index is -0.906. The second-order valence-corrected chi connectivity index (χ2v) is 8.63. The van der Waals surface area contributed by atoms with Gasteiger partial charge in [-0.2, -0.15) is 0 Å². The highest BCUT2D eigenvalue weighted by Crippen LogP contribution is 2.44. The fraction of sp³-hybridized carbons (Fsp3) is 0.423. The van der Waals surface area contributed by atoms with Crippen LogP contribution in [0.4, 0.5) is 4.79 Å². The second kappa shape index (κ2) is 11.2. The van der Waals surface area contributed by atoms with Gasteiger partial charge in [0, 0.05) is 12.5 Å². The van der Waals surface area contributed by atoms with Gasteiger partial charge in [-0.25, -0.2) is 4.79 Å². The van der Waals surface area contributed by atoms with Crippen molar-refractivity contribution >= 4 is 18.0 Å². The number of nitrogens with one attached hydrogen (secondary N) is 3. The zero-order valence-corrected chi connectivity index (χ0v) is 19.3. The van der Waals surface area contributed by atoms with Crippen LogP contribution in [-0.2, 0) is 19.1 Å². The molecule has 3 N–H and O–H groups in total. The third-order valence-electron chi connectivity index (χ3n) is 6.46. The first-order valence-electron chi connectivity index (χ1n) is 11.8. The highest BCUT2D eigenvalue weighted by molar-refractivity contribution is 5.97. The van der Waals surface area contributed by atoms with E-state index < -0.39 is 18.0 Å². The third-order valence-corrected chi connectivity index (χ3v) is 6.46. The molecule has 1 saturated heterocycles. The molecule has 1 fully saturated rings. The molecule has 1 unspecified atom stereocenters. The van der Waals surface area contributed by atoms with Crippen molar-refractivity contribution in [3.8, 4) is 11.1 Å². The summed E-state index contributed by atoms with van der Waals surface area (Å²) >= 11 is 0. The Labute approximate surface area is 199 Å². The fourth-order valence-corrected chi connectivity index (χ4v) is 4.72. The van der Waals surface area contributed by atoms with E-state index in [9.17, 15) is 14.4 Å². The van der Waals surface area contributed by atoms with Crippen molar-refractivity contribution in [2.24, 2.45) is 5.92 Å². The number of carbonyl (C=O) groups excluding carboxylic acids is 3. The van der Waals surface area contributed by atoms with E-state index in [0.717, 1.165) is 30.5 Å². The number of ether oxygens (including phenoxy) is 2. The Morgan fingerprint density at radius 1 is 1.06 bits per heavy atom. The summed E-state index contributed by atoms with van der Waals surface area (Å²) in [5, 5.41) is 8.74. The van der Waals surface area contributed by atoms with Gasteiger partial charge in [0.05, 0.1) is 13.3 Å². The zero-order valence-electron chi connectivity index (χ0n) is 19.3. The number of methoxy groups -OCH3 is 1. The van der Waals surface area contributed by atoms with Gasteiger partial charge >= 0.3 is 12.1 Å². The molecule has 8 nitrogen and oxygen atoms in total. The maximum Gasteiger partial charge on any atom is 0.407 e. The lowest BCUT2D eigenvalue weighted by atomic mass is 9.98. The van der Waals surface area contributed by atoms with Crippen LogP contribution in [-0.4, -0.2) is 50.9 Å². The summed E-state index contributed by atoms with van der Waals surface area (Å²) in [6.45, 7) is 1.37. The van der Waals surface area contributed by atoms with E-state index in [2.05, 4.69) is 40.2 Å². The predicted molar refractivity (Wildman–Crippen MR) is 127 cm³/mol. The van der Waals surface area contributed by atoms with Crippen LogP contribution >= 0.6 is 0 Å². The molecule has 2 aromatic carbocycles. The van der Waals surface area contributed by atoms with Gasteiger partial charge in [-0.05, 0) is 54.5 Å². The highest BCUT2D eigenvalue weighted by Gasteiger charge is 2.30. The average molecular weight is 466 g/mol. The molecule has 180 valence electrons. The number of hydrogen-bond acceptors (Lipinski definition) is 6. The lowest BCUT2D eigenvalue weighted by molar-refractivity contribution is -0.150. The molecule has 0 spiro atoms. The average Bonchev–Trinajstić information content (AvgIpc) is 3.48. The van der Waals surface area contributed by atoms with Crippen LogP contribution in [0.1, 0.15) is 42.7 Å². The van der Waals surface area contributed by atoms with Crippen LogP contribution in [0.5, 0.6) is 0 Å². The molecule has 2 aliphatic rings. The summed E-state index contributed by atoms with van der Waals surface area (Å²) in [6.07, 6.45) is 1.90. The van der Waals surface area contributed by atoms with Crippen LogP contribution in [0.3, 0.4) is 0 Å². The molecule has 1 aliphatic heterocycles. The van der Waals surface area contributed by atoms with Crippen LogP contribution in [0, 0.1) is 5.92 Å². The van der Waals surface area contributed by atoms with E-state index in [-0.39, 0.29) is 31.0 Å². The third kappa shape index (κ3) is 5.39. The lowest BCUT2D eigenvalue weighted by Crippen LogP contribution is -2.46. The van der Waals surface area contributed by atoms with Gasteiger partial charge < -0.3 is 20.1 Å². The van der Waals surface area contributed by atoms with Gasteiger partial charge in [0.2, 0.25) is 5.91 Å². The second-order valence-electron chi connectivity index (χ2n) is 8.63. The molecule has 1 heterocycles. The first-order valence-corrected chi connectivity index (χ1v) is 11.8. The first kappa shape index (κ1) is 23.8. The highest BCUT2D eigenvalue weighted by atomic mass is 16.5. The standard InChI is InChI=1S/C26H31N3O5/c1-33-25(31)21(24(30)29-23-13-7-14-27-23)12-6-15-28-26(32)34-16-22-19-10-4-2-8-17(19)18-9-3-5-11-20(18)22/h2-5,8-11,21-23,27H,6-7,12-16H2,1H3,(H,28,32)(H,29,30)/t21?,23-/m0/s1. The van der Waals surface area contributed by atoms with Gasteiger partial charge in [-0.1, -0.05) is 48.5 Å². The summed E-state index contributed by atoms with van der Waals surface area (Å²) in [7, 11) is 1.27. The number of esters is 1. The van der Waals surface area contributed by atoms with Crippen LogP contribution in [0.15, 0.2) is 48.5 Å². The van der Waals surface area contributed by atoms with Crippen molar-refractivity contribution < 1.29 is 23.9 Å². The van der Waals surface area contributed by atoms with Crippen molar-refractivity contribution in [3.05, 3.63) is 59.7 Å². The van der Waals surface area contributed by atoms with Crippen molar-refractivity contribution in [2.45, 2.75) is 37.8 Å². The predicted octanol–water partition coefficient (Wildman–Crippen LogP) is 2.92. The Bertz CT molecular complexity index is 989. The number of hydrogen-bond donors (Lipinski definition) is 3. The summed E-state index contributed by atoms with van der Waals surface area (Å²) in [5.41, 5.74) is 4.65.